The molecule has 144 valence electrons. The van der Waals surface area contributed by atoms with Crippen LogP contribution in [0, 0.1) is 0 Å². The first-order valence-electron chi connectivity index (χ1n) is 8.13. The van der Waals surface area contributed by atoms with Crippen LogP contribution in [-0.2, 0) is 9.47 Å². The van der Waals surface area contributed by atoms with Gasteiger partial charge < -0.3 is 25.4 Å². The number of hydrogen-bond acceptors (Lipinski definition) is 4. The monoisotopic (exact) mass is 458 g/mol. The van der Waals surface area contributed by atoms with Crippen LogP contribution in [0.5, 0.6) is 0 Å². The predicted molar refractivity (Wildman–Crippen MR) is 109 cm³/mol. The van der Waals surface area contributed by atoms with Crippen molar-refractivity contribution >= 4 is 36.0 Å². The van der Waals surface area contributed by atoms with Crippen LogP contribution >= 0.6 is 24.0 Å². The van der Waals surface area contributed by atoms with E-state index >= 15 is 0 Å². The molecular weight excluding hydrogens is 423 g/mol. The molecule has 0 aromatic carbocycles. The zero-order valence-corrected chi connectivity index (χ0v) is 18.4. The van der Waals surface area contributed by atoms with E-state index in [0.717, 1.165) is 26.2 Å². The largest absolute Gasteiger partial charge is 0.444 e. The lowest BCUT2D eigenvalue weighted by Gasteiger charge is -2.29. The predicted octanol–water partition coefficient (Wildman–Crippen LogP) is 2.50. The van der Waals surface area contributed by atoms with Gasteiger partial charge in [-0.2, -0.15) is 0 Å². The summed E-state index contributed by atoms with van der Waals surface area (Å²) in [6.07, 6.45) is 0.484. The fourth-order valence-corrected chi connectivity index (χ4v) is 1.67. The fraction of sp³-hybridized carbons (Fsp3) is 0.875. The van der Waals surface area contributed by atoms with Crippen LogP contribution in [0.15, 0.2) is 4.99 Å². The molecule has 0 spiro atoms. The molecule has 0 aromatic rings. The zero-order chi connectivity index (χ0) is 17.9. The van der Waals surface area contributed by atoms with Crippen LogP contribution in [0.2, 0.25) is 0 Å². The Morgan fingerprint density at radius 3 is 2.25 bits per heavy atom. The number of halogens is 1. The molecule has 0 radical (unpaired) electrons. The molecule has 0 fully saturated rings. The normalized spacial score (nSPS) is 12.2. The lowest BCUT2D eigenvalue weighted by atomic mass is 10.1. The number of carbonyl (C=O) groups is 1. The average molecular weight is 458 g/mol. The van der Waals surface area contributed by atoms with Crippen molar-refractivity contribution in [3.8, 4) is 0 Å². The highest BCUT2D eigenvalue weighted by Gasteiger charge is 2.24. The third-order valence-electron chi connectivity index (χ3n) is 2.72. The van der Waals surface area contributed by atoms with Gasteiger partial charge in [0.1, 0.15) is 5.60 Å². The van der Waals surface area contributed by atoms with Crippen LogP contribution in [0.25, 0.3) is 0 Å². The highest BCUT2D eigenvalue weighted by Crippen LogP contribution is 2.09. The number of carbonyl (C=O) groups excluding carboxylic acids is 1. The van der Waals surface area contributed by atoms with E-state index in [9.17, 15) is 4.79 Å². The van der Waals surface area contributed by atoms with Crippen LogP contribution in [0.4, 0.5) is 4.79 Å². The summed E-state index contributed by atoms with van der Waals surface area (Å²) >= 11 is 0. The van der Waals surface area contributed by atoms with E-state index in [1.54, 1.807) is 7.05 Å². The molecule has 0 aliphatic rings. The zero-order valence-electron chi connectivity index (χ0n) is 16.1. The maximum atomic E-state index is 11.8. The molecule has 0 unspecified atom stereocenters. The Morgan fingerprint density at radius 1 is 1.12 bits per heavy atom. The molecule has 7 nitrogen and oxygen atoms in total. The molecule has 0 atom stereocenters. The van der Waals surface area contributed by atoms with Gasteiger partial charge in [0, 0.05) is 33.4 Å². The summed E-state index contributed by atoms with van der Waals surface area (Å²) in [5.41, 5.74) is -0.975. The van der Waals surface area contributed by atoms with Gasteiger partial charge in [-0.15, -0.1) is 24.0 Å². The quantitative estimate of drug-likeness (QED) is 0.225. The first-order chi connectivity index (χ1) is 10.6. The Morgan fingerprint density at radius 2 is 1.75 bits per heavy atom. The molecule has 3 N–H and O–H groups in total. The highest BCUT2D eigenvalue weighted by atomic mass is 127. The number of nitrogens with one attached hydrogen (secondary N) is 3. The molecule has 0 heterocycles. The standard InChI is InChI=1S/C16H34N4O3.HI/c1-8-22-11-9-10-18-13(17-7)19-12-16(5,6)20-14(21)23-15(2,3)4;/h8-12H2,1-7H3,(H,20,21)(H2,17,18,19);1H. The topological polar surface area (TPSA) is 84.0 Å². The second-order valence-electron chi connectivity index (χ2n) is 6.91. The fourth-order valence-electron chi connectivity index (χ4n) is 1.67. The lowest BCUT2D eigenvalue weighted by Crippen LogP contribution is -2.54. The minimum Gasteiger partial charge on any atom is -0.444 e. The summed E-state index contributed by atoms with van der Waals surface area (Å²) in [6.45, 7) is 14.1. The second kappa shape index (κ2) is 12.6. The van der Waals surface area contributed by atoms with Crippen molar-refractivity contribution in [2.75, 3.05) is 33.4 Å². The number of aliphatic imine (C=N–C) groups is 1. The van der Waals surface area contributed by atoms with Gasteiger partial charge in [-0.1, -0.05) is 0 Å². The van der Waals surface area contributed by atoms with Crippen molar-refractivity contribution in [3.05, 3.63) is 0 Å². The molecule has 8 heteroatoms. The molecule has 0 aromatic heterocycles. The van der Waals surface area contributed by atoms with E-state index in [4.69, 9.17) is 9.47 Å². The molecule has 0 saturated carbocycles. The lowest BCUT2D eigenvalue weighted by molar-refractivity contribution is 0.0474. The van der Waals surface area contributed by atoms with E-state index in [-0.39, 0.29) is 24.0 Å². The summed E-state index contributed by atoms with van der Waals surface area (Å²) in [6, 6.07) is 0. The van der Waals surface area contributed by atoms with Crippen LogP contribution in [0.3, 0.4) is 0 Å². The summed E-state index contributed by atoms with van der Waals surface area (Å²) in [5, 5.41) is 9.25. The number of rotatable bonds is 8. The summed E-state index contributed by atoms with van der Waals surface area (Å²) in [7, 11) is 1.71. The maximum Gasteiger partial charge on any atom is 0.408 e. The molecule has 0 aliphatic heterocycles. The first kappa shape index (κ1) is 25.5. The molecule has 0 rings (SSSR count). The van der Waals surface area contributed by atoms with Gasteiger partial charge in [-0.25, -0.2) is 4.79 Å². The Kier molecular flexibility index (Phi) is 13.3. The summed E-state index contributed by atoms with van der Waals surface area (Å²) < 4.78 is 10.6. The van der Waals surface area contributed by atoms with Gasteiger partial charge in [0.15, 0.2) is 5.96 Å². The van der Waals surface area contributed by atoms with E-state index in [1.807, 2.05) is 41.5 Å². The summed E-state index contributed by atoms with van der Waals surface area (Å²) in [4.78, 5) is 16.0. The maximum absolute atomic E-state index is 11.8. The minimum atomic E-state index is -0.508. The van der Waals surface area contributed by atoms with Crippen molar-refractivity contribution in [2.24, 2.45) is 4.99 Å². The van der Waals surface area contributed by atoms with Crippen LogP contribution in [-0.4, -0.2) is 56.5 Å². The number of hydrogen-bond donors (Lipinski definition) is 3. The Labute approximate surface area is 163 Å². The van der Waals surface area contributed by atoms with Crippen molar-refractivity contribution in [1.82, 2.24) is 16.0 Å². The Balaban J connectivity index is 0. The van der Waals surface area contributed by atoms with Crippen molar-refractivity contribution < 1.29 is 14.3 Å². The molecule has 0 aliphatic carbocycles. The van der Waals surface area contributed by atoms with Crippen LogP contribution in [0.1, 0.15) is 48.0 Å². The number of ether oxygens (including phenoxy) is 2. The van der Waals surface area contributed by atoms with Gasteiger partial charge in [-0.3, -0.25) is 4.99 Å². The van der Waals surface area contributed by atoms with E-state index in [1.165, 1.54) is 0 Å². The van der Waals surface area contributed by atoms with Crippen molar-refractivity contribution in [2.45, 2.75) is 59.1 Å². The minimum absolute atomic E-state index is 0. The average Bonchev–Trinajstić information content (AvgIpc) is 2.39. The van der Waals surface area contributed by atoms with Gasteiger partial charge in [0.2, 0.25) is 0 Å². The smallest absolute Gasteiger partial charge is 0.408 e. The van der Waals surface area contributed by atoms with E-state index in [0.29, 0.717) is 12.5 Å². The number of alkyl carbamates (subject to hydrolysis) is 1. The number of amides is 1. The highest BCUT2D eigenvalue weighted by molar-refractivity contribution is 14.0. The van der Waals surface area contributed by atoms with Crippen LogP contribution < -0.4 is 16.0 Å². The SMILES string of the molecule is CCOCCCNC(=NC)NCC(C)(C)NC(=O)OC(C)(C)C.I. The molecular formula is C16H35IN4O3. The first-order valence-corrected chi connectivity index (χ1v) is 8.13. The number of nitrogens with zero attached hydrogens (tertiary/aromatic N) is 1. The molecule has 24 heavy (non-hydrogen) atoms. The molecule has 1 amide bonds. The Bertz CT molecular complexity index is 382. The Hall–Kier alpha value is -0.770. The second-order valence-corrected chi connectivity index (χ2v) is 6.91. The number of guanidine groups is 1. The van der Waals surface area contributed by atoms with E-state index in [2.05, 4.69) is 20.9 Å². The van der Waals surface area contributed by atoms with Gasteiger partial charge in [0.05, 0.1) is 5.54 Å². The van der Waals surface area contributed by atoms with Crippen molar-refractivity contribution in [3.63, 3.8) is 0 Å². The summed E-state index contributed by atoms with van der Waals surface area (Å²) in [5.74, 6) is 0.695. The van der Waals surface area contributed by atoms with Gasteiger partial charge in [0.25, 0.3) is 0 Å². The van der Waals surface area contributed by atoms with E-state index < -0.39 is 17.2 Å². The van der Waals surface area contributed by atoms with Gasteiger partial charge >= 0.3 is 6.09 Å². The third kappa shape index (κ3) is 14.8. The third-order valence-corrected chi connectivity index (χ3v) is 2.72. The van der Waals surface area contributed by atoms with Crippen molar-refractivity contribution in [1.29, 1.82) is 0 Å². The molecule has 0 saturated heterocycles. The van der Waals surface area contributed by atoms with Gasteiger partial charge in [-0.05, 0) is 48.0 Å². The molecule has 0 bridgehead atoms.